The molecule has 0 atom stereocenters. The van der Waals surface area contributed by atoms with Crippen molar-refractivity contribution in [1.29, 1.82) is 0 Å². The van der Waals surface area contributed by atoms with Gasteiger partial charge in [-0.3, -0.25) is 0 Å². The highest BCUT2D eigenvalue weighted by molar-refractivity contribution is 7.91. The van der Waals surface area contributed by atoms with E-state index in [9.17, 15) is 8.42 Å². The van der Waals surface area contributed by atoms with E-state index in [0.717, 1.165) is 11.6 Å². The van der Waals surface area contributed by atoms with Gasteiger partial charge in [-0.15, -0.1) is 11.3 Å². The van der Waals surface area contributed by atoms with Crippen molar-refractivity contribution in [1.82, 2.24) is 15.0 Å². The van der Waals surface area contributed by atoms with E-state index in [2.05, 4.69) is 15.0 Å². The second-order valence-electron chi connectivity index (χ2n) is 2.95. The van der Waals surface area contributed by atoms with Crippen molar-refractivity contribution in [3.63, 3.8) is 0 Å². The molecule has 0 aliphatic carbocycles. The Morgan fingerprint density at radius 2 is 2.20 bits per heavy atom. The second kappa shape index (κ2) is 5.55. The summed E-state index contributed by atoms with van der Waals surface area (Å²) in [6.45, 7) is 5.62. The first-order chi connectivity index (χ1) is 7.06. The average molecular weight is 249 g/mol. The number of nitrogens with zero attached hydrogens (tertiary/aromatic N) is 1. The molecular weight excluding hydrogens is 234 g/mol. The van der Waals surface area contributed by atoms with Crippen LogP contribution in [-0.4, -0.2) is 33.0 Å². The maximum atomic E-state index is 11.6. The Morgan fingerprint density at radius 1 is 1.47 bits per heavy atom. The van der Waals surface area contributed by atoms with Crippen LogP contribution in [0.3, 0.4) is 0 Å². The van der Waals surface area contributed by atoms with Gasteiger partial charge < -0.3 is 5.32 Å². The van der Waals surface area contributed by atoms with Crippen molar-refractivity contribution >= 4 is 21.4 Å². The molecule has 1 aromatic heterocycles. The molecule has 0 radical (unpaired) electrons. The van der Waals surface area contributed by atoms with Crippen LogP contribution in [0, 0.1) is 6.92 Å². The van der Waals surface area contributed by atoms with Crippen LogP contribution in [0.4, 0.5) is 0 Å². The van der Waals surface area contributed by atoms with Crippen LogP contribution < -0.4 is 10.0 Å². The van der Waals surface area contributed by atoms with Crippen LogP contribution in [0.15, 0.2) is 10.4 Å². The maximum Gasteiger partial charge on any atom is 0.251 e. The van der Waals surface area contributed by atoms with E-state index in [1.807, 2.05) is 6.92 Å². The van der Waals surface area contributed by atoms with E-state index >= 15 is 0 Å². The summed E-state index contributed by atoms with van der Waals surface area (Å²) < 4.78 is 26.1. The van der Waals surface area contributed by atoms with Gasteiger partial charge in [0.15, 0.2) is 4.21 Å². The maximum absolute atomic E-state index is 11.6. The first kappa shape index (κ1) is 12.6. The van der Waals surface area contributed by atoms with Crippen molar-refractivity contribution in [2.24, 2.45) is 0 Å². The molecule has 0 aliphatic heterocycles. The van der Waals surface area contributed by atoms with Crippen LogP contribution in [0.2, 0.25) is 0 Å². The van der Waals surface area contributed by atoms with E-state index in [4.69, 9.17) is 0 Å². The Bertz CT molecular complexity index is 400. The topological polar surface area (TPSA) is 71.1 Å². The lowest BCUT2D eigenvalue weighted by Gasteiger charge is -2.04. The van der Waals surface area contributed by atoms with Crippen LogP contribution in [0.1, 0.15) is 11.9 Å². The predicted octanol–water partition coefficient (Wildman–Crippen LogP) is 0.339. The van der Waals surface area contributed by atoms with Crippen LogP contribution in [0.5, 0.6) is 0 Å². The molecule has 1 aromatic rings. The Balaban J connectivity index is 2.53. The van der Waals surface area contributed by atoms with E-state index in [1.54, 1.807) is 6.92 Å². The number of thiazole rings is 1. The minimum absolute atomic E-state index is 0.275. The Kier molecular flexibility index (Phi) is 4.65. The molecule has 0 amide bonds. The quantitative estimate of drug-likeness (QED) is 0.713. The fraction of sp³-hybridized carbons (Fsp3) is 0.625. The Morgan fingerprint density at radius 3 is 2.73 bits per heavy atom. The predicted molar refractivity (Wildman–Crippen MR) is 60.6 cm³/mol. The summed E-state index contributed by atoms with van der Waals surface area (Å²) in [6, 6.07) is 0. The molecule has 0 saturated heterocycles. The third kappa shape index (κ3) is 3.86. The van der Waals surface area contributed by atoms with Crippen molar-refractivity contribution in [3.05, 3.63) is 11.2 Å². The summed E-state index contributed by atoms with van der Waals surface area (Å²) in [5, 5.41) is 3.79. The first-order valence-corrected chi connectivity index (χ1v) is 6.99. The standard InChI is InChI=1S/C8H15N3O2S2/c1-3-9-4-5-11-15(12,13)8-6-10-7(2)14-8/h6,9,11H,3-5H2,1-2H3. The summed E-state index contributed by atoms with van der Waals surface area (Å²) in [6.07, 6.45) is 1.38. The zero-order valence-corrected chi connectivity index (χ0v) is 10.4. The largest absolute Gasteiger partial charge is 0.316 e. The SMILES string of the molecule is CCNCCNS(=O)(=O)c1cnc(C)s1. The van der Waals surface area contributed by atoms with Crippen molar-refractivity contribution < 1.29 is 8.42 Å². The molecular formula is C8H15N3O2S2. The summed E-state index contributed by atoms with van der Waals surface area (Å²) in [4.78, 5) is 3.91. The summed E-state index contributed by atoms with van der Waals surface area (Å²) in [5.74, 6) is 0. The second-order valence-corrected chi connectivity index (χ2v) is 6.18. The van der Waals surface area contributed by atoms with Gasteiger partial charge in [-0.2, -0.15) is 0 Å². The van der Waals surface area contributed by atoms with Crippen LogP contribution in [-0.2, 0) is 10.0 Å². The number of sulfonamides is 1. The molecule has 0 unspecified atom stereocenters. The number of rotatable bonds is 6. The third-order valence-electron chi connectivity index (χ3n) is 1.71. The van der Waals surface area contributed by atoms with E-state index in [-0.39, 0.29) is 4.21 Å². The number of aromatic nitrogens is 1. The number of hydrogen-bond donors (Lipinski definition) is 2. The van der Waals surface area contributed by atoms with Gasteiger partial charge in [0.05, 0.1) is 11.2 Å². The van der Waals surface area contributed by atoms with Gasteiger partial charge in [-0.1, -0.05) is 6.92 Å². The van der Waals surface area contributed by atoms with Crippen LogP contribution in [0.25, 0.3) is 0 Å². The van der Waals surface area contributed by atoms with Crippen molar-refractivity contribution in [3.8, 4) is 0 Å². The van der Waals surface area contributed by atoms with Gasteiger partial charge in [0.2, 0.25) is 0 Å². The zero-order valence-electron chi connectivity index (χ0n) is 8.78. The normalized spacial score (nSPS) is 11.9. The molecule has 0 fully saturated rings. The van der Waals surface area contributed by atoms with Gasteiger partial charge in [0.1, 0.15) is 0 Å². The van der Waals surface area contributed by atoms with E-state index < -0.39 is 10.0 Å². The molecule has 1 heterocycles. The van der Waals surface area contributed by atoms with Gasteiger partial charge >= 0.3 is 0 Å². The van der Waals surface area contributed by atoms with Crippen molar-refractivity contribution in [2.45, 2.75) is 18.1 Å². The lowest BCUT2D eigenvalue weighted by Crippen LogP contribution is -2.31. The van der Waals surface area contributed by atoms with Gasteiger partial charge in [-0.05, 0) is 13.5 Å². The van der Waals surface area contributed by atoms with Gasteiger partial charge in [-0.25, -0.2) is 18.1 Å². The molecule has 2 N–H and O–H groups in total. The fourth-order valence-electron chi connectivity index (χ4n) is 0.988. The minimum atomic E-state index is -3.35. The minimum Gasteiger partial charge on any atom is -0.316 e. The number of nitrogens with one attached hydrogen (secondary N) is 2. The Hall–Kier alpha value is -0.500. The molecule has 86 valence electrons. The molecule has 0 saturated carbocycles. The lowest BCUT2D eigenvalue weighted by molar-refractivity contribution is 0.579. The number of aryl methyl sites for hydroxylation is 1. The molecule has 0 aromatic carbocycles. The molecule has 1 rings (SSSR count). The molecule has 7 heteroatoms. The highest BCUT2D eigenvalue weighted by Crippen LogP contribution is 2.16. The average Bonchev–Trinajstić information content (AvgIpc) is 2.60. The lowest BCUT2D eigenvalue weighted by atomic mass is 10.6. The number of hydrogen-bond acceptors (Lipinski definition) is 5. The van der Waals surface area contributed by atoms with Gasteiger partial charge in [0, 0.05) is 13.1 Å². The third-order valence-corrected chi connectivity index (χ3v) is 4.54. The van der Waals surface area contributed by atoms with E-state index in [1.165, 1.54) is 17.5 Å². The molecule has 0 aliphatic rings. The highest BCUT2D eigenvalue weighted by Gasteiger charge is 2.15. The van der Waals surface area contributed by atoms with Crippen LogP contribution >= 0.6 is 11.3 Å². The molecule has 5 nitrogen and oxygen atoms in total. The zero-order chi connectivity index (χ0) is 11.3. The summed E-state index contributed by atoms with van der Waals surface area (Å²) >= 11 is 1.18. The number of likely N-dealkylation sites (N-methyl/N-ethyl adjacent to an activating group) is 1. The Labute approximate surface area is 94.0 Å². The molecule has 0 spiro atoms. The molecule has 0 bridgehead atoms. The summed E-state index contributed by atoms with van der Waals surface area (Å²) in [7, 11) is -3.35. The molecule has 15 heavy (non-hydrogen) atoms. The monoisotopic (exact) mass is 249 g/mol. The fourth-order valence-corrected chi connectivity index (χ4v) is 3.17. The van der Waals surface area contributed by atoms with Crippen molar-refractivity contribution in [2.75, 3.05) is 19.6 Å². The first-order valence-electron chi connectivity index (χ1n) is 4.69. The highest BCUT2D eigenvalue weighted by atomic mass is 32.2. The van der Waals surface area contributed by atoms with E-state index in [0.29, 0.717) is 13.1 Å². The smallest absolute Gasteiger partial charge is 0.251 e. The summed E-state index contributed by atoms with van der Waals surface area (Å²) in [5.41, 5.74) is 0. The van der Waals surface area contributed by atoms with Gasteiger partial charge in [0.25, 0.3) is 10.0 Å².